The number of Topliss-reactive ketones (excluding diaryl/α,β-unsaturated/α-hetero) is 1. The number of hydrogen-bond acceptors (Lipinski definition) is 7. The lowest BCUT2D eigenvalue weighted by molar-refractivity contribution is 0.0320. The fraction of sp³-hybridized carbons (Fsp3) is 0.182. The van der Waals surface area contributed by atoms with E-state index in [0.29, 0.717) is 22.3 Å². The molecule has 29 heavy (non-hydrogen) atoms. The number of ketones is 1. The van der Waals surface area contributed by atoms with Gasteiger partial charge in [-0.3, -0.25) is 4.79 Å². The quantitative estimate of drug-likeness (QED) is 0.343. The van der Waals surface area contributed by atoms with Gasteiger partial charge in [0.1, 0.15) is 0 Å². The molecular formula is C22H18N2O4S. The van der Waals surface area contributed by atoms with Crippen molar-refractivity contribution >= 4 is 34.2 Å². The SMILES string of the molecule is Cc1ccc(C(=O)C(C)OC(=O)c2cc(-c3cccs3)nc3onc(C)c23)cc1. The number of fused-ring (bicyclic) bond motifs is 1. The van der Waals surface area contributed by atoms with Gasteiger partial charge >= 0.3 is 5.97 Å². The summed E-state index contributed by atoms with van der Waals surface area (Å²) in [5.74, 6) is -0.876. The minimum absolute atomic E-state index is 0.260. The lowest BCUT2D eigenvalue weighted by atomic mass is 10.1. The van der Waals surface area contributed by atoms with Crippen LogP contribution in [0.25, 0.3) is 21.7 Å². The van der Waals surface area contributed by atoms with Crippen LogP contribution in [0.3, 0.4) is 0 Å². The summed E-state index contributed by atoms with van der Waals surface area (Å²) in [7, 11) is 0. The van der Waals surface area contributed by atoms with Crippen molar-refractivity contribution in [2.24, 2.45) is 0 Å². The molecule has 0 aliphatic heterocycles. The van der Waals surface area contributed by atoms with E-state index < -0.39 is 12.1 Å². The second kappa shape index (κ2) is 7.60. The standard InChI is InChI=1S/C22H18N2O4S/c1-12-6-8-15(9-7-12)20(25)14(3)27-22(26)16-11-17(18-5-4-10-29-18)23-21-19(16)13(2)24-28-21/h4-11,14H,1-3H3. The average Bonchev–Trinajstić information content (AvgIpc) is 3.37. The van der Waals surface area contributed by atoms with E-state index in [1.165, 1.54) is 11.3 Å². The Morgan fingerprint density at radius 3 is 2.59 bits per heavy atom. The van der Waals surface area contributed by atoms with Crippen LogP contribution >= 0.6 is 11.3 Å². The van der Waals surface area contributed by atoms with Crippen LogP contribution in [-0.4, -0.2) is 28.0 Å². The molecule has 4 aromatic rings. The molecule has 0 spiro atoms. The molecule has 0 amide bonds. The van der Waals surface area contributed by atoms with Gasteiger partial charge in [0.25, 0.3) is 5.71 Å². The van der Waals surface area contributed by atoms with Gasteiger partial charge < -0.3 is 9.26 Å². The summed E-state index contributed by atoms with van der Waals surface area (Å²) in [6.45, 7) is 5.24. The summed E-state index contributed by atoms with van der Waals surface area (Å²) < 4.78 is 10.8. The van der Waals surface area contributed by atoms with E-state index in [1.54, 1.807) is 32.0 Å². The molecule has 0 fully saturated rings. The molecule has 4 rings (SSSR count). The molecule has 0 saturated heterocycles. The molecule has 6 nitrogen and oxygen atoms in total. The summed E-state index contributed by atoms with van der Waals surface area (Å²) in [5.41, 5.74) is 3.21. The van der Waals surface area contributed by atoms with Gasteiger partial charge in [0.05, 0.1) is 27.2 Å². The van der Waals surface area contributed by atoms with Crippen molar-refractivity contribution < 1.29 is 18.8 Å². The van der Waals surface area contributed by atoms with Gasteiger partial charge in [-0.25, -0.2) is 9.78 Å². The number of carbonyl (C=O) groups excluding carboxylic acids is 2. The van der Waals surface area contributed by atoms with Gasteiger partial charge in [0, 0.05) is 5.56 Å². The van der Waals surface area contributed by atoms with Crippen LogP contribution in [0.4, 0.5) is 0 Å². The van der Waals surface area contributed by atoms with E-state index in [4.69, 9.17) is 9.26 Å². The zero-order valence-electron chi connectivity index (χ0n) is 16.1. The summed E-state index contributed by atoms with van der Waals surface area (Å²) >= 11 is 1.50. The monoisotopic (exact) mass is 406 g/mol. The van der Waals surface area contributed by atoms with Crippen molar-refractivity contribution in [3.63, 3.8) is 0 Å². The lowest BCUT2D eigenvalue weighted by Crippen LogP contribution is -2.24. The molecule has 1 atom stereocenters. The number of carbonyl (C=O) groups is 2. The third-order valence-electron chi connectivity index (χ3n) is 4.60. The lowest BCUT2D eigenvalue weighted by Gasteiger charge is -2.13. The molecule has 146 valence electrons. The van der Waals surface area contributed by atoms with Gasteiger partial charge in [0.2, 0.25) is 5.78 Å². The van der Waals surface area contributed by atoms with Crippen molar-refractivity contribution in [2.75, 3.05) is 0 Å². The van der Waals surface area contributed by atoms with Crippen LogP contribution in [0, 0.1) is 13.8 Å². The molecule has 0 bridgehead atoms. The van der Waals surface area contributed by atoms with Crippen LogP contribution in [0.1, 0.15) is 38.9 Å². The van der Waals surface area contributed by atoms with Crippen LogP contribution in [0.5, 0.6) is 0 Å². The first-order valence-electron chi connectivity index (χ1n) is 9.07. The number of benzene rings is 1. The van der Waals surface area contributed by atoms with Crippen molar-refractivity contribution in [1.29, 1.82) is 0 Å². The van der Waals surface area contributed by atoms with Crippen molar-refractivity contribution in [3.05, 3.63) is 70.2 Å². The van der Waals surface area contributed by atoms with Gasteiger partial charge in [-0.1, -0.05) is 41.1 Å². The van der Waals surface area contributed by atoms with Crippen LogP contribution < -0.4 is 0 Å². The van der Waals surface area contributed by atoms with E-state index >= 15 is 0 Å². The number of pyridine rings is 1. The maximum Gasteiger partial charge on any atom is 0.339 e. The first-order chi connectivity index (χ1) is 13.9. The number of nitrogens with zero attached hydrogens (tertiary/aromatic N) is 2. The van der Waals surface area contributed by atoms with Crippen LogP contribution in [0.15, 0.2) is 52.4 Å². The Kier molecular flexibility index (Phi) is 4.98. The Labute approximate surface area is 171 Å². The number of esters is 1. The highest BCUT2D eigenvalue weighted by atomic mass is 32.1. The van der Waals surface area contributed by atoms with E-state index in [9.17, 15) is 9.59 Å². The van der Waals surface area contributed by atoms with Crippen molar-refractivity contribution in [1.82, 2.24) is 10.1 Å². The molecule has 7 heteroatoms. The molecule has 0 aliphatic rings. The highest BCUT2D eigenvalue weighted by Gasteiger charge is 2.25. The van der Waals surface area contributed by atoms with Crippen molar-refractivity contribution in [2.45, 2.75) is 26.9 Å². The Morgan fingerprint density at radius 2 is 1.90 bits per heavy atom. The molecule has 1 aromatic carbocycles. The maximum absolute atomic E-state index is 13.0. The summed E-state index contributed by atoms with van der Waals surface area (Å²) in [6.07, 6.45) is -0.932. The Bertz CT molecular complexity index is 1190. The van der Waals surface area contributed by atoms with Gasteiger partial charge in [0.15, 0.2) is 6.10 Å². The first-order valence-corrected chi connectivity index (χ1v) is 9.95. The third-order valence-corrected chi connectivity index (χ3v) is 5.49. The molecule has 0 N–H and O–H groups in total. The molecule has 1 unspecified atom stereocenters. The number of hydrogen-bond donors (Lipinski definition) is 0. The Hall–Kier alpha value is -3.32. The first kappa shape index (κ1) is 19.0. The summed E-state index contributed by atoms with van der Waals surface area (Å²) in [6, 6.07) is 12.6. The van der Waals surface area contributed by atoms with Crippen molar-refractivity contribution in [3.8, 4) is 10.6 Å². The zero-order valence-corrected chi connectivity index (χ0v) is 16.9. The predicted molar refractivity (Wildman–Crippen MR) is 110 cm³/mol. The van der Waals surface area contributed by atoms with E-state index in [2.05, 4.69) is 10.1 Å². The molecular weight excluding hydrogens is 388 g/mol. The smallest absolute Gasteiger partial charge is 0.339 e. The van der Waals surface area contributed by atoms with E-state index in [0.717, 1.165) is 10.4 Å². The highest BCUT2D eigenvalue weighted by molar-refractivity contribution is 7.13. The predicted octanol–water partition coefficient (Wildman–Crippen LogP) is 5.00. The molecule has 3 heterocycles. The summed E-state index contributed by atoms with van der Waals surface area (Å²) in [4.78, 5) is 30.9. The number of aromatic nitrogens is 2. The van der Waals surface area contributed by atoms with E-state index in [-0.39, 0.29) is 17.1 Å². The molecule has 0 aliphatic carbocycles. The van der Waals surface area contributed by atoms with Gasteiger partial charge in [-0.15, -0.1) is 11.3 Å². The fourth-order valence-electron chi connectivity index (χ4n) is 3.04. The Balaban J connectivity index is 1.66. The normalized spacial score (nSPS) is 12.1. The maximum atomic E-state index is 13.0. The Morgan fingerprint density at radius 1 is 1.14 bits per heavy atom. The minimum atomic E-state index is -0.932. The van der Waals surface area contributed by atoms with Crippen LogP contribution in [0.2, 0.25) is 0 Å². The summed E-state index contributed by atoms with van der Waals surface area (Å²) in [5, 5.41) is 6.34. The number of rotatable bonds is 5. The third kappa shape index (κ3) is 3.69. The topological polar surface area (TPSA) is 82.3 Å². The van der Waals surface area contributed by atoms with Gasteiger partial charge in [-0.05, 0) is 38.3 Å². The zero-order chi connectivity index (χ0) is 20.5. The van der Waals surface area contributed by atoms with E-state index in [1.807, 2.05) is 36.6 Å². The molecule has 3 aromatic heterocycles. The highest BCUT2D eigenvalue weighted by Crippen LogP contribution is 2.30. The number of aryl methyl sites for hydroxylation is 2. The molecule has 0 radical (unpaired) electrons. The van der Waals surface area contributed by atoms with Crippen LogP contribution in [-0.2, 0) is 4.74 Å². The fourth-order valence-corrected chi connectivity index (χ4v) is 3.72. The minimum Gasteiger partial charge on any atom is -0.451 e. The van der Waals surface area contributed by atoms with Gasteiger partial charge in [-0.2, -0.15) is 0 Å². The average molecular weight is 406 g/mol. The number of thiophene rings is 1. The molecule has 0 saturated carbocycles. The second-order valence-corrected chi connectivity index (χ2v) is 7.71. The largest absolute Gasteiger partial charge is 0.451 e. The second-order valence-electron chi connectivity index (χ2n) is 6.76. The number of ether oxygens (including phenoxy) is 1.